The van der Waals surface area contributed by atoms with Gasteiger partial charge in [-0.15, -0.1) is 0 Å². The minimum atomic E-state index is 0.478. The van der Waals surface area contributed by atoms with E-state index in [1.165, 1.54) is 50.5 Å². The lowest BCUT2D eigenvalue weighted by Crippen LogP contribution is -2.15. The minimum absolute atomic E-state index is 0.478. The van der Waals surface area contributed by atoms with Gasteiger partial charge in [-0.2, -0.15) is 0 Å². The Hall–Kier alpha value is -2.48. The molecule has 2 N–H and O–H groups in total. The molecule has 0 saturated heterocycles. The number of hydrogen-bond donors (Lipinski definition) is 1. The van der Waals surface area contributed by atoms with Crippen LogP contribution in [0.1, 0.15) is 57.4 Å². The molecule has 2 aromatic carbocycles. The fraction of sp³-hybridized carbons (Fsp3) is 0.692. The average molecular weight is 708 g/mol. The first-order valence-corrected chi connectivity index (χ1v) is 18.6. The van der Waals surface area contributed by atoms with Crippen LogP contribution in [0, 0.1) is 0 Å². The van der Waals surface area contributed by atoms with E-state index in [0.717, 1.165) is 17.9 Å². The topological polar surface area (TPSA) is 118 Å². The molecule has 2 aromatic rings. The van der Waals surface area contributed by atoms with Crippen LogP contribution in [-0.2, 0) is 44.3 Å². The van der Waals surface area contributed by atoms with Gasteiger partial charge in [0.15, 0.2) is 0 Å². The lowest BCUT2D eigenvalue weighted by molar-refractivity contribution is -0.0241. The van der Waals surface area contributed by atoms with Crippen molar-refractivity contribution in [3.05, 3.63) is 54.1 Å². The van der Waals surface area contributed by atoms with Crippen LogP contribution in [-0.4, -0.2) is 119 Å². The van der Waals surface area contributed by atoms with Crippen LogP contribution in [0.5, 0.6) is 11.5 Å². The van der Waals surface area contributed by atoms with Gasteiger partial charge in [-0.3, -0.25) is 0 Å². The monoisotopic (exact) mass is 707 g/mol. The van der Waals surface area contributed by atoms with E-state index in [0.29, 0.717) is 125 Å². The second kappa shape index (κ2) is 33.7. The first-order valence-electron chi connectivity index (χ1n) is 18.6. The lowest BCUT2D eigenvalue weighted by Gasteiger charge is -2.09. The van der Waals surface area contributed by atoms with E-state index < -0.39 is 0 Å². The molecule has 0 aromatic heterocycles. The molecule has 0 spiro atoms. The van der Waals surface area contributed by atoms with Crippen LogP contribution in [0.15, 0.2) is 48.5 Å². The lowest BCUT2D eigenvalue weighted by atomic mass is 10.0. The third-order valence-corrected chi connectivity index (χ3v) is 7.47. The molecule has 2 rings (SSSR count). The zero-order valence-electron chi connectivity index (χ0n) is 30.7. The molecule has 0 atom stereocenters. The van der Waals surface area contributed by atoms with Crippen LogP contribution in [0.25, 0.3) is 0 Å². The van der Waals surface area contributed by atoms with Gasteiger partial charge in [-0.25, -0.2) is 0 Å². The Bertz CT molecular complexity index is 980. The molecule has 0 aliphatic heterocycles. The zero-order chi connectivity index (χ0) is 35.4. The van der Waals surface area contributed by atoms with Crippen LogP contribution in [0.2, 0.25) is 0 Å². The van der Waals surface area contributed by atoms with Crippen molar-refractivity contribution in [1.29, 1.82) is 0 Å². The van der Waals surface area contributed by atoms with Gasteiger partial charge in [0.25, 0.3) is 0 Å². The highest BCUT2D eigenvalue weighted by molar-refractivity contribution is 5.41. The summed E-state index contributed by atoms with van der Waals surface area (Å²) in [6, 6.07) is 15.7. The summed E-state index contributed by atoms with van der Waals surface area (Å²) in [5, 5.41) is 0. The summed E-state index contributed by atoms with van der Waals surface area (Å²) in [6.45, 7) is 11.5. The van der Waals surface area contributed by atoms with Crippen LogP contribution in [0.4, 0.5) is 5.69 Å². The van der Waals surface area contributed by atoms with Gasteiger partial charge in [-0.1, -0.05) is 57.6 Å². The summed E-state index contributed by atoms with van der Waals surface area (Å²) < 4.78 is 55.5. The predicted octanol–water partition coefficient (Wildman–Crippen LogP) is 6.15. The van der Waals surface area contributed by atoms with E-state index in [-0.39, 0.29) is 0 Å². The number of hydrogen-bond acceptors (Lipinski definition) is 11. The predicted molar refractivity (Wildman–Crippen MR) is 197 cm³/mol. The van der Waals surface area contributed by atoms with Gasteiger partial charge in [0, 0.05) is 5.69 Å². The molecule has 0 aliphatic carbocycles. The third-order valence-electron chi connectivity index (χ3n) is 7.47. The van der Waals surface area contributed by atoms with Crippen LogP contribution < -0.4 is 15.2 Å². The molecule has 0 amide bonds. The van der Waals surface area contributed by atoms with Crippen molar-refractivity contribution in [3.63, 3.8) is 0 Å². The van der Waals surface area contributed by atoms with Crippen molar-refractivity contribution in [2.75, 3.05) is 125 Å². The largest absolute Gasteiger partial charge is 0.491 e. The maximum Gasteiger partial charge on any atom is 0.119 e. The van der Waals surface area contributed by atoms with Crippen molar-refractivity contribution in [1.82, 2.24) is 0 Å². The van der Waals surface area contributed by atoms with E-state index in [1.54, 1.807) is 12.1 Å². The normalized spacial score (nSPS) is 11.3. The number of anilines is 1. The quantitative estimate of drug-likeness (QED) is 0.0644. The molecule has 0 radical (unpaired) electrons. The van der Waals surface area contributed by atoms with Gasteiger partial charge in [0.1, 0.15) is 24.7 Å². The average Bonchev–Trinajstić information content (AvgIpc) is 3.13. The number of unbranched alkanes of at least 4 members (excludes halogenated alkanes) is 6. The second-order valence-electron chi connectivity index (χ2n) is 11.7. The van der Waals surface area contributed by atoms with Crippen molar-refractivity contribution >= 4 is 5.69 Å². The SMILES string of the molecule is CCCCCCCCCc1ccc(OCCOCCOCCOCCOCCOCCOCCOCCOCCOc2ccc(N)cc2)cc1. The molecule has 50 heavy (non-hydrogen) atoms. The standard InChI is InChI=1S/C39H65NO10/c1-2-3-4-5-6-7-8-9-36-10-14-38(15-11-36)49-34-32-47-30-28-45-26-24-43-22-20-41-18-19-42-21-23-44-25-27-46-29-31-48-33-35-50-39-16-12-37(40)13-17-39/h10-17H,2-9,18-35,40H2,1H3. The Morgan fingerprint density at radius 2 is 0.660 bits per heavy atom. The Balaban J connectivity index is 1.19. The highest BCUT2D eigenvalue weighted by Gasteiger charge is 1.99. The third kappa shape index (κ3) is 27.3. The Morgan fingerprint density at radius 3 is 1.02 bits per heavy atom. The molecule has 11 nitrogen and oxygen atoms in total. The van der Waals surface area contributed by atoms with Crippen LogP contribution in [0.3, 0.4) is 0 Å². The summed E-state index contributed by atoms with van der Waals surface area (Å²) in [5.41, 5.74) is 7.74. The molecular weight excluding hydrogens is 642 g/mol. The fourth-order valence-electron chi connectivity index (χ4n) is 4.68. The number of benzene rings is 2. The van der Waals surface area contributed by atoms with Crippen LogP contribution >= 0.6 is 0 Å². The Morgan fingerprint density at radius 1 is 0.360 bits per heavy atom. The van der Waals surface area contributed by atoms with E-state index in [9.17, 15) is 0 Å². The van der Waals surface area contributed by atoms with Gasteiger partial charge in [0.2, 0.25) is 0 Å². The summed E-state index contributed by atoms with van der Waals surface area (Å²) in [4.78, 5) is 0. The molecule has 0 bridgehead atoms. The summed E-state index contributed by atoms with van der Waals surface area (Å²) >= 11 is 0. The molecule has 286 valence electrons. The number of rotatable bonds is 37. The summed E-state index contributed by atoms with van der Waals surface area (Å²) in [5.74, 6) is 1.66. The first kappa shape index (κ1) is 43.7. The molecule has 0 saturated carbocycles. The molecular formula is C39H65NO10. The van der Waals surface area contributed by atoms with Gasteiger partial charge in [-0.05, 0) is 54.8 Å². The Kier molecular flexibility index (Phi) is 29.4. The number of nitrogen functional groups attached to an aromatic ring is 1. The Labute approximate surface area is 301 Å². The zero-order valence-corrected chi connectivity index (χ0v) is 30.7. The molecule has 11 heteroatoms. The molecule has 0 heterocycles. The minimum Gasteiger partial charge on any atom is -0.491 e. The number of aryl methyl sites for hydroxylation is 1. The maximum absolute atomic E-state index is 5.78. The molecule has 0 aliphatic rings. The highest BCUT2D eigenvalue weighted by atomic mass is 16.6. The highest BCUT2D eigenvalue weighted by Crippen LogP contribution is 2.15. The fourth-order valence-corrected chi connectivity index (χ4v) is 4.68. The summed E-state index contributed by atoms with van der Waals surface area (Å²) in [7, 11) is 0. The first-order chi connectivity index (χ1) is 24.8. The van der Waals surface area contributed by atoms with E-state index in [4.69, 9.17) is 53.1 Å². The van der Waals surface area contributed by atoms with Crippen molar-refractivity contribution in [2.45, 2.75) is 58.3 Å². The van der Waals surface area contributed by atoms with Crippen molar-refractivity contribution < 1.29 is 47.4 Å². The van der Waals surface area contributed by atoms with E-state index in [2.05, 4.69) is 31.2 Å². The van der Waals surface area contributed by atoms with Gasteiger partial charge < -0.3 is 53.1 Å². The molecule has 0 fully saturated rings. The second-order valence-corrected chi connectivity index (χ2v) is 11.7. The van der Waals surface area contributed by atoms with E-state index >= 15 is 0 Å². The number of ether oxygens (including phenoxy) is 10. The van der Waals surface area contributed by atoms with Crippen molar-refractivity contribution in [3.8, 4) is 11.5 Å². The van der Waals surface area contributed by atoms with Gasteiger partial charge >= 0.3 is 0 Å². The van der Waals surface area contributed by atoms with Crippen molar-refractivity contribution in [2.24, 2.45) is 0 Å². The van der Waals surface area contributed by atoms with E-state index in [1.807, 2.05) is 12.1 Å². The summed E-state index contributed by atoms with van der Waals surface area (Å²) in [6.07, 6.45) is 10.5. The number of nitrogens with two attached hydrogens (primary N) is 1. The smallest absolute Gasteiger partial charge is 0.119 e. The maximum atomic E-state index is 5.78. The van der Waals surface area contributed by atoms with Gasteiger partial charge in [0.05, 0.1) is 106 Å². The molecule has 0 unspecified atom stereocenters.